The lowest BCUT2D eigenvalue weighted by Crippen LogP contribution is -1.96. The molecule has 164 valence electrons. The molecule has 0 atom stereocenters. The van der Waals surface area contributed by atoms with Crippen LogP contribution < -0.4 is 19.5 Å². The van der Waals surface area contributed by atoms with E-state index in [4.69, 9.17) is 25.8 Å². The first-order chi connectivity index (χ1) is 15.5. The molecule has 0 aliphatic carbocycles. The van der Waals surface area contributed by atoms with Crippen LogP contribution in [0.15, 0.2) is 72.9 Å². The number of ether oxygens (including phenoxy) is 3. The highest BCUT2D eigenvalue weighted by molar-refractivity contribution is 6.30. The van der Waals surface area contributed by atoms with Gasteiger partial charge in [0, 0.05) is 28.5 Å². The maximum atomic E-state index is 12.1. The maximum Gasteiger partial charge on any atom is 0.203 e. The number of allylic oxidation sites excluding steroid dienone is 1. The zero-order valence-corrected chi connectivity index (χ0v) is 18.8. The monoisotopic (exact) mass is 449 g/mol. The fourth-order valence-corrected chi connectivity index (χ4v) is 3.13. The molecule has 0 aliphatic heterocycles. The summed E-state index contributed by atoms with van der Waals surface area (Å²) in [5.74, 6) is 1.67. The third-order valence-corrected chi connectivity index (χ3v) is 4.93. The lowest BCUT2D eigenvalue weighted by atomic mass is 10.1. The molecule has 3 aromatic rings. The van der Waals surface area contributed by atoms with Crippen LogP contribution in [0, 0.1) is 0 Å². The summed E-state index contributed by atoms with van der Waals surface area (Å²) in [5.41, 5.74) is 3.39. The van der Waals surface area contributed by atoms with Gasteiger partial charge in [-0.2, -0.15) is 0 Å². The largest absolute Gasteiger partial charge is 0.493 e. The Morgan fingerprint density at radius 1 is 0.812 bits per heavy atom. The normalized spacial score (nSPS) is 11.0. The Balaban J connectivity index is 1.64. The second kappa shape index (κ2) is 11.1. The van der Waals surface area contributed by atoms with Crippen LogP contribution in [-0.4, -0.2) is 27.1 Å². The second-order valence-electron chi connectivity index (χ2n) is 6.76. The van der Waals surface area contributed by atoms with E-state index in [0.29, 0.717) is 27.8 Å². The number of methoxy groups -OCH3 is 3. The van der Waals surface area contributed by atoms with Crippen molar-refractivity contribution in [2.24, 2.45) is 0 Å². The average Bonchev–Trinajstić information content (AvgIpc) is 2.83. The summed E-state index contributed by atoms with van der Waals surface area (Å²) in [6, 6.07) is 18.4. The van der Waals surface area contributed by atoms with E-state index in [1.54, 1.807) is 51.8 Å². The number of hydrogen-bond donors (Lipinski definition) is 1. The molecule has 0 unspecified atom stereocenters. The molecule has 0 radical (unpaired) electrons. The molecule has 0 fully saturated rings. The molecule has 0 bridgehead atoms. The molecular weight excluding hydrogens is 426 g/mol. The summed E-state index contributed by atoms with van der Waals surface area (Å²) in [6.07, 6.45) is 7.07. The summed E-state index contributed by atoms with van der Waals surface area (Å²) in [7, 11) is 4.76. The van der Waals surface area contributed by atoms with Crippen LogP contribution in [0.2, 0.25) is 5.02 Å². The SMILES string of the molecule is COc1cc(C=Cc2ccc(NC=CC(=O)c3ccc(Cl)cc3)cc2)cc(OC)c1OC. The van der Waals surface area contributed by atoms with Gasteiger partial charge in [0.1, 0.15) is 0 Å². The van der Waals surface area contributed by atoms with Gasteiger partial charge in [-0.3, -0.25) is 4.79 Å². The van der Waals surface area contributed by atoms with Crippen LogP contribution in [0.4, 0.5) is 5.69 Å². The molecule has 0 spiro atoms. The van der Waals surface area contributed by atoms with E-state index in [2.05, 4.69) is 5.32 Å². The van der Waals surface area contributed by atoms with E-state index in [1.165, 1.54) is 6.08 Å². The van der Waals surface area contributed by atoms with Crippen molar-refractivity contribution in [3.05, 3.63) is 94.7 Å². The van der Waals surface area contributed by atoms with Crippen molar-refractivity contribution in [2.45, 2.75) is 0 Å². The Kier molecular flexibility index (Phi) is 7.95. The standard InChI is InChI=1S/C26H24ClNO4/c1-30-24-16-19(17-25(31-2)26(24)32-3)5-4-18-6-12-22(13-7-18)28-15-14-23(29)20-8-10-21(27)11-9-20/h4-17,28H,1-3H3. The predicted octanol–water partition coefficient (Wildman–Crippen LogP) is 6.34. The zero-order chi connectivity index (χ0) is 22.9. The second-order valence-corrected chi connectivity index (χ2v) is 7.20. The van der Waals surface area contributed by atoms with Gasteiger partial charge in [-0.15, -0.1) is 0 Å². The van der Waals surface area contributed by atoms with Gasteiger partial charge in [-0.25, -0.2) is 0 Å². The summed E-state index contributed by atoms with van der Waals surface area (Å²) in [6.45, 7) is 0. The topological polar surface area (TPSA) is 56.8 Å². The average molecular weight is 450 g/mol. The van der Waals surface area contributed by atoms with Crippen molar-refractivity contribution < 1.29 is 19.0 Å². The van der Waals surface area contributed by atoms with E-state index in [0.717, 1.165) is 16.8 Å². The first-order valence-corrected chi connectivity index (χ1v) is 10.2. The molecule has 0 heterocycles. The van der Waals surface area contributed by atoms with Crippen molar-refractivity contribution in [1.82, 2.24) is 0 Å². The number of benzene rings is 3. The Hall–Kier alpha value is -3.70. The molecule has 0 aromatic heterocycles. The molecule has 0 aliphatic rings. The lowest BCUT2D eigenvalue weighted by Gasteiger charge is -2.12. The van der Waals surface area contributed by atoms with Gasteiger partial charge in [0.2, 0.25) is 5.75 Å². The molecule has 32 heavy (non-hydrogen) atoms. The molecule has 0 amide bonds. The minimum Gasteiger partial charge on any atom is -0.493 e. The quantitative estimate of drug-likeness (QED) is 0.234. The Morgan fingerprint density at radius 3 is 1.97 bits per heavy atom. The fourth-order valence-electron chi connectivity index (χ4n) is 3.00. The molecule has 3 rings (SSSR count). The number of anilines is 1. The van der Waals surface area contributed by atoms with E-state index < -0.39 is 0 Å². The molecule has 0 saturated carbocycles. The van der Waals surface area contributed by atoms with Crippen LogP contribution in [0.5, 0.6) is 17.2 Å². The zero-order valence-electron chi connectivity index (χ0n) is 18.1. The third kappa shape index (κ3) is 5.93. The number of rotatable bonds is 9. The van der Waals surface area contributed by atoms with Gasteiger partial charge in [-0.1, -0.05) is 35.9 Å². The number of halogens is 1. The van der Waals surface area contributed by atoms with Gasteiger partial charge in [-0.05, 0) is 59.7 Å². The molecular formula is C26H24ClNO4. The lowest BCUT2D eigenvalue weighted by molar-refractivity contribution is 0.104. The predicted molar refractivity (Wildman–Crippen MR) is 130 cm³/mol. The smallest absolute Gasteiger partial charge is 0.203 e. The van der Waals surface area contributed by atoms with Crippen LogP contribution >= 0.6 is 11.6 Å². The molecule has 5 nitrogen and oxygen atoms in total. The first kappa shape index (κ1) is 23.0. The molecule has 0 saturated heterocycles. The van der Waals surface area contributed by atoms with Crippen molar-refractivity contribution in [2.75, 3.05) is 26.6 Å². The van der Waals surface area contributed by atoms with Gasteiger partial charge < -0.3 is 19.5 Å². The van der Waals surface area contributed by atoms with Crippen molar-refractivity contribution >= 4 is 35.2 Å². The summed E-state index contributed by atoms with van der Waals surface area (Å²) in [5, 5.41) is 3.70. The minimum absolute atomic E-state index is 0.0981. The van der Waals surface area contributed by atoms with Crippen LogP contribution in [0.25, 0.3) is 12.2 Å². The Morgan fingerprint density at radius 2 is 1.41 bits per heavy atom. The van der Waals surface area contributed by atoms with Gasteiger partial charge in [0.05, 0.1) is 21.3 Å². The van der Waals surface area contributed by atoms with Crippen LogP contribution in [-0.2, 0) is 0 Å². The Labute approximate surface area is 192 Å². The highest BCUT2D eigenvalue weighted by Gasteiger charge is 2.11. The number of carbonyl (C=O) groups is 1. The van der Waals surface area contributed by atoms with Gasteiger partial charge in [0.25, 0.3) is 0 Å². The van der Waals surface area contributed by atoms with Crippen molar-refractivity contribution in [3.8, 4) is 17.2 Å². The van der Waals surface area contributed by atoms with Gasteiger partial charge >= 0.3 is 0 Å². The third-order valence-electron chi connectivity index (χ3n) is 4.68. The number of hydrogen-bond acceptors (Lipinski definition) is 5. The first-order valence-electron chi connectivity index (χ1n) is 9.85. The van der Waals surface area contributed by atoms with E-state index >= 15 is 0 Å². The number of ketones is 1. The van der Waals surface area contributed by atoms with E-state index in [-0.39, 0.29) is 5.78 Å². The summed E-state index contributed by atoms with van der Waals surface area (Å²) >= 11 is 5.85. The molecule has 3 aromatic carbocycles. The molecule has 6 heteroatoms. The highest BCUT2D eigenvalue weighted by Crippen LogP contribution is 2.38. The fraction of sp³-hybridized carbons (Fsp3) is 0.115. The van der Waals surface area contributed by atoms with E-state index in [9.17, 15) is 4.79 Å². The highest BCUT2D eigenvalue weighted by atomic mass is 35.5. The minimum atomic E-state index is -0.0981. The maximum absolute atomic E-state index is 12.1. The Bertz CT molecular complexity index is 1090. The summed E-state index contributed by atoms with van der Waals surface area (Å²) < 4.78 is 16.1. The summed E-state index contributed by atoms with van der Waals surface area (Å²) in [4.78, 5) is 12.1. The number of nitrogens with one attached hydrogen (secondary N) is 1. The van der Waals surface area contributed by atoms with Crippen LogP contribution in [0.1, 0.15) is 21.5 Å². The van der Waals surface area contributed by atoms with Crippen molar-refractivity contribution in [3.63, 3.8) is 0 Å². The van der Waals surface area contributed by atoms with E-state index in [1.807, 2.05) is 48.6 Å². The molecule has 1 N–H and O–H groups in total. The van der Waals surface area contributed by atoms with Gasteiger partial charge in [0.15, 0.2) is 17.3 Å². The van der Waals surface area contributed by atoms with Crippen molar-refractivity contribution in [1.29, 1.82) is 0 Å². The number of carbonyl (C=O) groups excluding carboxylic acids is 1. The van der Waals surface area contributed by atoms with Crippen LogP contribution in [0.3, 0.4) is 0 Å².